The Hall–Kier alpha value is -1.03. The van der Waals surface area contributed by atoms with Crippen LogP contribution < -0.4 is 0 Å². The number of rotatable bonds is 6. The lowest BCUT2D eigenvalue weighted by molar-refractivity contribution is 0.0919. The molecule has 4 heteroatoms. The van der Waals surface area contributed by atoms with Crippen LogP contribution >= 0.6 is 0 Å². The van der Waals surface area contributed by atoms with E-state index in [-0.39, 0.29) is 11.5 Å². The molecule has 0 bridgehead atoms. The van der Waals surface area contributed by atoms with E-state index < -0.39 is 23.6 Å². The SMILES string of the molecule is CCCC(CCC)C(O)c1ccc(F)c(F)c1F. The first-order valence-corrected chi connectivity index (χ1v) is 6.34. The zero-order chi connectivity index (χ0) is 13.7. The Labute approximate surface area is 106 Å². The topological polar surface area (TPSA) is 20.2 Å². The van der Waals surface area contributed by atoms with E-state index in [9.17, 15) is 18.3 Å². The molecule has 0 aromatic heterocycles. The van der Waals surface area contributed by atoms with Crippen LogP contribution in [0.5, 0.6) is 0 Å². The summed E-state index contributed by atoms with van der Waals surface area (Å²) in [5.41, 5.74) is -0.152. The van der Waals surface area contributed by atoms with Gasteiger partial charge in [0.25, 0.3) is 0 Å². The standard InChI is InChI=1S/C14H19F3O/c1-3-5-9(6-4-2)14(18)10-7-8-11(15)13(17)12(10)16/h7-9,14,18H,3-6H2,1-2H3. The highest BCUT2D eigenvalue weighted by atomic mass is 19.2. The van der Waals surface area contributed by atoms with Gasteiger partial charge in [0, 0.05) is 5.56 Å². The van der Waals surface area contributed by atoms with E-state index >= 15 is 0 Å². The van der Waals surface area contributed by atoms with E-state index in [0.29, 0.717) is 0 Å². The summed E-state index contributed by atoms with van der Waals surface area (Å²) in [5.74, 6) is -4.15. The van der Waals surface area contributed by atoms with Gasteiger partial charge in [0.1, 0.15) is 0 Å². The molecule has 1 aromatic carbocycles. The van der Waals surface area contributed by atoms with Gasteiger partial charge in [-0.25, -0.2) is 13.2 Å². The third kappa shape index (κ3) is 3.25. The zero-order valence-corrected chi connectivity index (χ0v) is 10.7. The predicted molar refractivity (Wildman–Crippen MR) is 64.6 cm³/mol. The first kappa shape index (κ1) is 15.0. The lowest BCUT2D eigenvalue weighted by Gasteiger charge is -2.23. The minimum atomic E-state index is -1.52. The molecule has 1 atom stereocenters. The number of aliphatic hydroxyl groups is 1. The van der Waals surface area contributed by atoms with Gasteiger partial charge in [0.15, 0.2) is 17.5 Å². The fraction of sp³-hybridized carbons (Fsp3) is 0.571. The van der Waals surface area contributed by atoms with Gasteiger partial charge in [-0.05, 0) is 24.8 Å². The molecular formula is C14H19F3O. The quantitative estimate of drug-likeness (QED) is 0.754. The molecule has 1 N–H and O–H groups in total. The van der Waals surface area contributed by atoms with Crippen molar-refractivity contribution < 1.29 is 18.3 Å². The second-order valence-electron chi connectivity index (χ2n) is 4.55. The van der Waals surface area contributed by atoms with Crippen LogP contribution in [0.1, 0.15) is 51.2 Å². The van der Waals surface area contributed by atoms with Crippen molar-refractivity contribution in [3.05, 3.63) is 35.1 Å². The highest BCUT2D eigenvalue weighted by Gasteiger charge is 2.25. The second kappa shape index (κ2) is 6.78. The minimum Gasteiger partial charge on any atom is -0.388 e. The maximum absolute atomic E-state index is 13.6. The van der Waals surface area contributed by atoms with E-state index in [1.165, 1.54) is 0 Å². The highest BCUT2D eigenvalue weighted by Crippen LogP contribution is 2.32. The molecule has 1 nitrogen and oxygen atoms in total. The fourth-order valence-electron chi connectivity index (χ4n) is 2.22. The van der Waals surface area contributed by atoms with Crippen molar-refractivity contribution in [2.75, 3.05) is 0 Å². The summed E-state index contributed by atoms with van der Waals surface area (Å²) in [5, 5.41) is 10.1. The molecule has 0 amide bonds. The van der Waals surface area contributed by atoms with Crippen molar-refractivity contribution in [2.45, 2.75) is 45.6 Å². The van der Waals surface area contributed by atoms with Crippen molar-refractivity contribution in [1.29, 1.82) is 0 Å². The van der Waals surface area contributed by atoms with Crippen molar-refractivity contribution in [3.8, 4) is 0 Å². The number of halogens is 3. The molecule has 0 saturated carbocycles. The summed E-state index contributed by atoms with van der Waals surface area (Å²) < 4.78 is 39.5. The van der Waals surface area contributed by atoms with Crippen molar-refractivity contribution in [3.63, 3.8) is 0 Å². The Morgan fingerprint density at radius 2 is 1.56 bits per heavy atom. The molecule has 0 spiro atoms. The molecule has 1 rings (SSSR count). The van der Waals surface area contributed by atoms with Gasteiger partial charge < -0.3 is 5.11 Å². The van der Waals surface area contributed by atoms with E-state index in [1.54, 1.807) is 0 Å². The van der Waals surface area contributed by atoms with Gasteiger partial charge in [-0.3, -0.25) is 0 Å². The van der Waals surface area contributed by atoms with E-state index in [4.69, 9.17) is 0 Å². The Morgan fingerprint density at radius 1 is 1.00 bits per heavy atom. The molecule has 0 radical (unpaired) electrons. The molecule has 18 heavy (non-hydrogen) atoms. The number of hydrogen-bond donors (Lipinski definition) is 1. The maximum Gasteiger partial charge on any atom is 0.194 e. The van der Waals surface area contributed by atoms with E-state index in [2.05, 4.69) is 0 Å². The van der Waals surface area contributed by atoms with Crippen LogP contribution in [0.15, 0.2) is 12.1 Å². The smallest absolute Gasteiger partial charge is 0.194 e. The maximum atomic E-state index is 13.6. The summed E-state index contributed by atoms with van der Waals surface area (Å²) in [4.78, 5) is 0. The van der Waals surface area contributed by atoms with Gasteiger partial charge in [-0.2, -0.15) is 0 Å². The predicted octanol–water partition coefficient (Wildman–Crippen LogP) is 4.35. The van der Waals surface area contributed by atoms with E-state index in [0.717, 1.165) is 37.8 Å². The van der Waals surface area contributed by atoms with Crippen LogP contribution in [0.2, 0.25) is 0 Å². The Kier molecular flexibility index (Phi) is 5.66. The Bertz CT molecular complexity index is 387. The van der Waals surface area contributed by atoms with Gasteiger partial charge in [-0.1, -0.05) is 32.8 Å². The summed E-state index contributed by atoms with van der Waals surface area (Å²) in [7, 11) is 0. The van der Waals surface area contributed by atoms with Crippen LogP contribution in [0, 0.1) is 23.4 Å². The van der Waals surface area contributed by atoms with Crippen molar-refractivity contribution >= 4 is 0 Å². The molecule has 0 aliphatic heterocycles. The molecule has 102 valence electrons. The summed E-state index contributed by atoms with van der Waals surface area (Å²) >= 11 is 0. The molecule has 0 fully saturated rings. The summed E-state index contributed by atoms with van der Waals surface area (Å²) in [6.45, 7) is 3.94. The number of aliphatic hydroxyl groups excluding tert-OH is 1. The van der Waals surface area contributed by atoms with Crippen LogP contribution in [0.3, 0.4) is 0 Å². The number of benzene rings is 1. The Balaban J connectivity index is 3.00. The molecular weight excluding hydrogens is 241 g/mol. The molecule has 1 unspecified atom stereocenters. The zero-order valence-electron chi connectivity index (χ0n) is 10.7. The average Bonchev–Trinajstić information content (AvgIpc) is 2.35. The summed E-state index contributed by atoms with van der Waals surface area (Å²) in [6.07, 6.45) is 2.08. The molecule has 0 aliphatic rings. The molecule has 1 aromatic rings. The summed E-state index contributed by atoms with van der Waals surface area (Å²) in [6, 6.07) is 1.97. The van der Waals surface area contributed by atoms with Crippen molar-refractivity contribution in [1.82, 2.24) is 0 Å². The van der Waals surface area contributed by atoms with Crippen molar-refractivity contribution in [2.24, 2.45) is 5.92 Å². The normalized spacial score (nSPS) is 13.1. The fourth-order valence-corrected chi connectivity index (χ4v) is 2.22. The van der Waals surface area contributed by atoms with E-state index in [1.807, 2.05) is 13.8 Å². The number of hydrogen-bond acceptors (Lipinski definition) is 1. The largest absolute Gasteiger partial charge is 0.388 e. The minimum absolute atomic E-state index is 0.126. The Morgan fingerprint density at radius 3 is 2.06 bits per heavy atom. The van der Waals surface area contributed by atoms with Crippen LogP contribution in [0.4, 0.5) is 13.2 Å². The highest BCUT2D eigenvalue weighted by molar-refractivity contribution is 5.23. The molecule has 0 saturated heterocycles. The monoisotopic (exact) mass is 260 g/mol. The van der Waals surface area contributed by atoms with Crippen LogP contribution in [0.25, 0.3) is 0 Å². The van der Waals surface area contributed by atoms with Crippen LogP contribution in [-0.2, 0) is 0 Å². The van der Waals surface area contributed by atoms with Gasteiger partial charge >= 0.3 is 0 Å². The first-order valence-electron chi connectivity index (χ1n) is 6.34. The van der Waals surface area contributed by atoms with Gasteiger partial charge in [0.05, 0.1) is 6.10 Å². The van der Waals surface area contributed by atoms with Crippen LogP contribution in [-0.4, -0.2) is 5.11 Å². The first-order chi connectivity index (χ1) is 8.52. The molecule has 0 aliphatic carbocycles. The van der Waals surface area contributed by atoms with Gasteiger partial charge in [0.2, 0.25) is 0 Å². The third-order valence-electron chi connectivity index (χ3n) is 3.15. The van der Waals surface area contributed by atoms with Gasteiger partial charge in [-0.15, -0.1) is 0 Å². The average molecular weight is 260 g/mol. The molecule has 0 heterocycles. The lowest BCUT2D eigenvalue weighted by Crippen LogP contribution is -2.15. The second-order valence-corrected chi connectivity index (χ2v) is 4.55. The third-order valence-corrected chi connectivity index (χ3v) is 3.15. The lowest BCUT2D eigenvalue weighted by atomic mass is 9.88.